The highest BCUT2D eigenvalue weighted by atomic mass is 16.5. The summed E-state index contributed by atoms with van der Waals surface area (Å²) < 4.78 is 11.9. The predicted octanol–water partition coefficient (Wildman–Crippen LogP) is 5.38. The number of carbonyl (C=O) groups is 1. The van der Waals surface area contributed by atoms with Crippen molar-refractivity contribution in [1.29, 1.82) is 0 Å². The van der Waals surface area contributed by atoms with E-state index in [1.807, 2.05) is 79.7 Å². The maximum atomic E-state index is 14.1. The summed E-state index contributed by atoms with van der Waals surface area (Å²) in [5.41, 5.74) is 17.0. The molecule has 1 amide bonds. The van der Waals surface area contributed by atoms with E-state index in [9.17, 15) is 4.79 Å². The van der Waals surface area contributed by atoms with Gasteiger partial charge < -0.3 is 14.6 Å². The monoisotopic (exact) mass is 578 g/mol. The number of nitrogens with zero attached hydrogens (tertiary/aromatic N) is 4. The van der Waals surface area contributed by atoms with Gasteiger partial charge in [0.2, 0.25) is 5.90 Å². The molecule has 0 aliphatic carbocycles. The van der Waals surface area contributed by atoms with Crippen LogP contribution in [-0.2, 0) is 29.0 Å². The first-order chi connectivity index (χ1) is 21.0. The molecule has 0 spiro atoms. The van der Waals surface area contributed by atoms with E-state index in [0.29, 0.717) is 36.8 Å². The summed E-state index contributed by atoms with van der Waals surface area (Å²) in [6.07, 6.45) is 0.177. The van der Waals surface area contributed by atoms with E-state index in [1.165, 1.54) is 0 Å². The van der Waals surface area contributed by atoms with Crippen LogP contribution >= 0.6 is 0 Å². The third kappa shape index (κ3) is 6.79. The Hall–Kier alpha value is -4.89. The Kier molecular flexibility index (Phi) is 9.53. The number of hydrogen-bond acceptors (Lipinski definition) is 7. The highest BCUT2D eigenvalue weighted by Crippen LogP contribution is 2.34. The summed E-state index contributed by atoms with van der Waals surface area (Å²) in [7, 11) is 0. The smallest absolute Gasteiger partial charge is 0.266 e. The number of fused-ring (bicyclic) bond motifs is 1. The van der Waals surface area contributed by atoms with E-state index in [4.69, 9.17) is 25.1 Å². The molecule has 10 heteroatoms. The lowest BCUT2D eigenvalue weighted by atomic mass is 9.84. The minimum absolute atomic E-state index is 0.0630. The lowest BCUT2D eigenvalue weighted by Crippen LogP contribution is -2.55. The quantitative estimate of drug-likeness (QED) is 0.0642. The van der Waals surface area contributed by atoms with Gasteiger partial charge in [0.25, 0.3) is 5.91 Å². The second-order valence-electron chi connectivity index (χ2n) is 10.3. The zero-order valence-electron chi connectivity index (χ0n) is 23.9. The van der Waals surface area contributed by atoms with E-state index in [1.54, 1.807) is 0 Å². The van der Waals surface area contributed by atoms with Crippen LogP contribution in [0.2, 0.25) is 0 Å². The van der Waals surface area contributed by atoms with Crippen LogP contribution in [0.1, 0.15) is 35.6 Å². The lowest BCUT2D eigenvalue weighted by Gasteiger charge is -2.29. The number of hydrazine groups is 1. The number of azide groups is 1. The lowest BCUT2D eigenvalue weighted by molar-refractivity contribution is -0.129. The Morgan fingerprint density at radius 3 is 2.53 bits per heavy atom. The van der Waals surface area contributed by atoms with Gasteiger partial charge in [-0.05, 0) is 64.2 Å². The number of carbonyl (C=O) groups excluding carboxylic acids is 1. The first kappa shape index (κ1) is 29.6. The molecule has 0 saturated heterocycles. The summed E-state index contributed by atoms with van der Waals surface area (Å²) in [4.78, 5) is 21.9. The molecule has 1 heterocycles. The molecule has 0 fully saturated rings. The van der Waals surface area contributed by atoms with Crippen LogP contribution in [0.25, 0.3) is 21.2 Å². The predicted molar refractivity (Wildman–Crippen MR) is 165 cm³/mol. The first-order valence-corrected chi connectivity index (χ1v) is 14.2. The summed E-state index contributed by atoms with van der Waals surface area (Å²) in [6.45, 7) is 2.89. The van der Waals surface area contributed by atoms with Gasteiger partial charge in [-0.1, -0.05) is 71.8 Å². The van der Waals surface area contributed by atoms with Crippen LogP contribution in [0.15, 0.2) is 101 Å². The molecule has 1 aliphatic heterocycles. The van der Waals surface area contributed by atoms with E-state index < -0.39 is 11.6 Å². The van der Waals surface area contributed by atoms with Gasteiger partial charge in [0.15, 0.2) is 5.54 Å². The fraction of sp³-hybridized carbons (Fsp3) is 0.273. The first-order valence-electron chi connectivity index (χ1n) is 14.2. The number of nitrogens with one attached hydrogen (secondary N) is 2. The number of benzene rings is 4. The Labute approximate surface area is 250 Å². The van der Waals surface area contributed by atoms with Gasteiger partial charge in [-0.25, -0.2) is 10.4 Å². The number of aliphatic imine (C=N–C) groups is 1. The van der Waals surface area contributed by atoms with Crippen molar-refractivity contribution in [2.45, 2.75) is 44.5 Å². The highest BCUT2D eigenvalue weighted by molar-refractivity contribution is 6.00. The number of amides is 1. The normalized spacial score (nSPS) is 17.5. The molecule has 0 aromatic heterocycles. The van der Waals surface area contributed by atoms with Crippen LogP contribution < -0.4 is 15.6 Å². The fourth-order valence-corrected chi connectivity index (χ4v) is 5.20. The van der Waals surface area contributed by atoms with Crippen molar-refractivity contribution in [3.05, 3.63) is 124 Å². The molecule has 2 atom stereocenters. The molecule has 220 valence electrons. The van der Waals surface area contributed by atoms with Crippen molar-refractivity contribution in [1.82, 2.24) is 10.9 Å². The van der Waals surface area contributed by atoms with Crippen LogP contribution in [0, 0.1) is 0 Å². The summed E-state index contributed by atoms with van der Waals surface area (Å²) in [5.74, 6) is 0.682. The zero-order valence-corrected chi connectivity index (χ0v) is 23.9. The molecule has 5 rings (SSSR count). The molecular weight excluding hydrogens is 544 g/mol. The number of ether oxygens (including phenoxy) is 2. The van der Waals surface area contributed by atoms with E-state index >= 15 is 0 Å². The van der Waals surface area contributed by atoms with E-state index in [0.717, 1.165) is 27.5 Å². The third-order valence-electron chi connectivity index (χ3n) is 7.57. The van der Waals surface area contributed by atoms with Gasteiger partial charge in [0, 0.05) is 36.5 Å². The topological polar surface area (TPSA) is 141 Å². The van der Waals surface area contributed by atoms with E-state index in [2.05, 4.69) is 39.1 Å². The second kappa shape index (κ2) is 13.8. The minimum Gasteiger partial charge on any atom is -0.494 e. The average Bonchev–Trinajstić information content (AvgIpc) is 3.37. The van der Waals surface area contributed by atoms with Crippen LogP contribution in [0.3, 0.4) is 0 Å². The average molecular weight is 579 g/mol. The molecule has 10 nitrogen and oxygen atoms in total. The van der Waals surface area contributed by atoms with Gasteiger partial charge in [-0.2, -0.15) is 0 Å². The maximum absolute atomic E-state index is 14.1. The molecule has 1 aliphatic rings. The SMILES string of the molecule is C[C@@H]1OC(c2ccc(OCCCO)cc2)=N[C@]1(Cc1ccccc1CN=[N+]=[N-])C(=O)NNCc1cccc2ccccc12. The Morgan fingerprint density at radius 2 is 1.74 bits per heavy atom. The zero-order chi connectivity index (χ0) is 30.1. The largest absolute Gasteiger partial charge is 0.494 e. The Morgan fingerprint density at radius 1 is 1.02 bits per heavy atom. The summed E-state index contributed by atoms with van der Waals surface area (Å²) in [5, 5.41) is 15.0. The summed E-state index contributed by atoms with van der Waals surface area (Å²) in [6, 6.07) is 29.0. The van der Waals surface area contributed by atoms with E-state index in [-0.39, 0.29) is 25.5 Å². The molecule has 43 heavy (non-hydrogen) atoms. The number of aliphatic hydroxyl groups excluding tert-OH is 1. The van der Waals surface area contributed by atoms with Crippen molar-refractivity contribution in [2.75, 3.05) is 13.2 Å². The molecular formula is C33H34N6O4. The third-order valence-corrected chi connectivity index (χ3v) is 7.57. The molecule has 0 bridgehead atoms. The maximum Gasteiger partial charge on any atom is 0.266 e. The van der Waals surface area contributed by atoms with Crippen LogP contribution in [0.4, 0.5) is 0 Å². The number of aliphatic hydroxyl groups is 1. The molecule has 0 radical (unpaired) electrons. The Bertz CT molecular complexity index is 1650. The van der Waals surface area contributed by atoms with Crippen molar-refractivity contribution in [3.8, 4) is 5.75 Å². The van der Waals surface area contributed by atoms with Gasteiger partial charge in [0.05, 0.1) is 13.2 Å². The van der Waals surface area contributed by atoms with Gasteiger partial charge in [-0.15, -0.1) is 0 Å². The van der Waals surface area contributed by atoms with Crippen molar-refractivity contribution < 1.29 is 19.4 Å². The van der Waals surface area contributed by atoms with Crippen molar-refractivity contribution in [3.63, 3.8) is 0 Å². The highest BCUT2D eigenvalue weighted by Gasteiger charge is 2.50. The van der Waals surface area contributed by atoms with Crippen molar-refractivity contribution in [2.24, 2.45) is 10.1 Å². The Balaban J connectivity index is 1.42. The van der Waals surface area contributed by atoms with Crippen molar-refractivity contribution >= 4 is 22.6 Å². The molecule has 3 N–H and O–H groups in total. The van der Waals surface area contributed by atoms with Gasteiger partial charge in [0.1, 0.15) is 11.9 Å². The van der Waals surface area contributed by atoms with Gasteiger partial charge >= 0.3 is 0 Å². The standard InChI is InChI=1S/C33H34N6O4/c1-23-33(20-26-9-2-3-10-27(26)21-36-39-34,37-31(43-23)25-14-16-29(17-15-25)42-19-7-18-40)32(41)38-35-22-28-12-6-11-24-8-4-5-13-30(24)28/h2-6,8-17,23,35,40H,7,18-22H2,1H3,(H,38,41)/t23-,33-/m0/s1. The fourth-order valence-electron chi connectivity index (χ4n) is 5.20. The molecule has 4 aromatic rings. The molecule has 0 saturated carbocycles. The van der Waals surface area contributed by atoms with Crippen LogP contribution in [-0.4, -0.2) is 41.8 Å². The summed E-state index contributed by atoms with van der Waals surface area (Å²) >= 11 is 0. The molecule has 4 aromatic carbocycles. The molecule has 0 unspecified atom stereocenters. The minimum atomic E-state index is -1.30. The van der Waals surface area contributed by atoms with Crippen LogP contribution in [0.5, 0.6) is 5.75 Å². The van der Waals surface area contributed by atoms with Gasteiger partial charge in [-0.3, -0.25) is 10.2 Å². The number of hydrogen-bond donors (Lipinski definition) is 3. The number of rotatable bonds is 13. The second-order valence-corrected chi connectivity index (χ2v) is 10.3.